The number of nitrogens with zero attached hydrogens (tertiary/aromatic N) is 2. The average molecular weight is 241 g/mol. The molecule has 1 rings (SSSR count). The molecule has 0 radical (unpaired) electrons. The Morgan fingerprint density at radius 2 is 2.12 bits per heavy atom. The highest BCUT2D eigenvalue weighted by Gasteiger charge is 2.24. The van der Waals surface area contributed by atoms with Gasteiger partial charge in [0.2, 0.25) is 12.3 Å². The predicted molar refractivity (Wildman–Crippen MR) is 57.1 cm³/mol. The second-order valence-corrected chi connectivity index (χ2v) is 4.50. The first-order chi connectivity index (χ1) is 7.79. The molecule has 1 aromatic rings. The fourth-order valence-electron chi connectivity index (χ4n) is 0.999. The molecular formula is C10H15N3O4. The van der Waals surface area contributed by atoms with Gasteiger partial charge in [-0.05, 0) is 27.7 Å². The minimum Gasteiger partial charge on any atom is -0.444 e. The first-order valence-electron chi connectivity index (χ1n) is 5.09. The van der Waals surface area contributed by atoms with E-state index in [1.54, 1.807) is 27.7 Å². The van der Waals surface area contributed by atoms with E-state index in [1.807, 2.05) is 0 Å². The van der Waals surface area contributed by atoms with Gasteiger partial charge in [-0.15, -0.1) is 0 Å². The summed E-state index contributed by atoms with van der Waals surface area (Å²) in [4.78, 5) is 26.7. The molecule has 1 atom stereocenters. The van der Waals surface area contributed by atoms with E-state index in [9.17, 15) is 9.59 Å². The number of imide groups is 1. The molecule has 1 heterocycles. The lowest BCUT2D eigenvalue weighted by Crippen LogP contribution is -2.38. The molecule has 0 saturated heterocycles. The Hall–Kier alpha value is -1.92. The molecule has 1 aromatic heterocycles. The zero-order valence-corrected chi connectivity index (χ0v) is 10.2. The molecule has 17 heavy (non-hydrogen) atoms. The Balaban J connectivity index is 2.52. The number of aromatic nitrogens is 2. The molecule has 1 unspecified atom stereocenters. The summed E-state index contributed by atoms with van der Waals surface area (Å²) in [6.45, 7) is 6.68. The van der Waals surface area contributed by atoms with Gasteiger partial charge in [0.25, 0.3) is 0 Å². The smallest absolute Gasteiger partial charge is 0.414 e. The summed E-state index contributed by atoms with van der Waals surface area (Å²) < 4.78 is 9.45. The fraction of sp³-hybridized carbons (Fsp3) is 0.600. The Kier molecular flexibility index (Phi) is 3.82. The SMILES string of the molecule is CC(C(=O)NC(=O)OC(C)(C)C)c1ncon1. The Morgan fingerprint density at radius 3 is 2.59 bits per heavy atom. The number of carbonyl (C=O) groups excluding carboxylic acids is 2. The van der Waals surface area contributed by atoms with Crippen molar-refractivity contribution in [2.75, 3.05) is 0 Å². The van der Waals surface area contributed by atoms with Gasteiger partial charge in [-0.25, -0.2) is 4.79 Å². The molecule has 0 aliphatic heterocycles. The fourth-order valence-corrected chi connectivity index (χ4v) is 0.999. The molecule has 7 nitrogen and oxygen atoms in total. The molecule has 0 saturated carbocycles. The van der Waals surface area contributed by atoms with Crippen LogP contribution in [0.1, 0.15) is 39.4 Å². The maximum absolute atomic E-state index is 11.6. The maximum Gasteiger partial charge on any atom is 0.414 e. The van der Waals surface area contributed by atoms with Crippen molar-refractivity contribution >= 4 is 12.0 Å². The number of carbonyl (C=O) groups is 2. The summed E-state index contributed by atoms with van der Waals surface area (Å²) in [5, 5.41) is 5.62. The van der Waals surface area contributed by atoms with Crippen LogP contribution in [0, 0.1) is 0 Å². The van der Waals surface area contributed by atoms with E-state index in [0.717, 1.165) is 6.39 Å². The summed E-state index contributed by atoms with van der Waals surface area (Å²) in [6.07, 6.45) is 0.324. The molecule has 0 fully saturated rings. The third kappa shape index (κ3) is 4.21. The van der Waals surface area contributed by atoms with E-state index in [4.69, 9.17) is 4.74 Å². The standard InChI is InChI=1S/C10H15N3O4/c1-6(7-11-5-16-13-7)8(14)12-9(15)17-10(2,3)4/h5-6H,1-4H3,(H,12,14,15). The molecular weight excluding hydrogens is 226 g/mol. The quantitative estimate of drug-likeness (QED) is 0.836. The monoisotopic (exact) mass is 241 g/mol. The highest BCUT2D eigenvalue weighted by Crippen LogP contribution is 2.10. The zero-order valence-electron chi connectivity index (χ0n) is 10.2. The number of hydrogen-bond acceptors (Lipinski definition) is 6. The summed E-state index contributed by atoms with van der Waals surface area (Å²) in [7, 11) is 0. The normalized spacial score (nSPS) is 12.9. The van der Waals surface area contributed by atoms with Gasteiger partial charge in [0.1, 0.15) is 5.60 Å². The van der Waals surface area contributed by atoms with Crippen LogP contribution in [0.5, 0.6) is 0 Å². The first kappa shape index (κ1) is 13.1. The molecule has 2 amide bonds. The predicted octanol–water partition coefficient (Wildman–Crippen LogP) is 1.22. The Morgan fingerprint density at radius 1 is 1.47 bits per heavy atom. The highest BCUT2D eigenvalue weighted by atomic mass is 16.6. The third-order valence-corrected chi connectivity index (χ3v) is 1.78. The zero-order chi connectivity index (χ0) is 13.1. The second kappa shape index (κ2) is 4.94. The van der Waals surface area contributed by atoms with Gasteiger partial charge in [-0.2, -0.15) is 4.98 Å². The molecule has 0 aromatic carbocycles. The van der Waals surface area contributed by atoms with E-state index >= 15 is 0 Å². The third-order valence-electron chi connectivity index (χ3n) is 1.78. The van der Waals surface area contributed by atoms with Crippen LogP contribution >= 0.6 is 0 Å². The van der Waals surface area contributed by atoms with E-state index in [1.165, 1.54) is 0 Å². The molecule has 94 valence electrons. The van der Waals surface area contributed by atoms with Crippen molar-refractivity contribution in [3.8, 4) is 0 Å². The molecule has 0 bridgehead atoms. The van der Waals surface area contributed by atoms with E-state index < -0.39 is 23.5 Å². The Bertz CT molecular complexity index is 394. The molecule has 7 heteroatoms. The van der Waals surface area contributed by atoms with Gasteiger partial charge >= 0.3 is 6.09 Å². The number of amides is 2. The van der Waals surface area contributed by atoms with Gasteiger partial charge < -0.3 is 9.26 Å². The average Bonchev–Trinajstić information content (AvgIpc) is 2.65. The summed E-state index contributed by atoms with van der Waals surface area (Å²) in [6, 6.07) is 0. The molecule has 0 spiro atoms. The van der Waals surface area contributed by atoms with Gasteiger partial charge in [0, 0.05) is 0 Å². The van der Waals surface area contributed by atoms with Crippen molar-refractivity contribution in [1.29, 1.82) is 0 Å². The lowest BCUT2D eigenvalue weighted by Gasteiger charge is -2.19. The summed E-state index contributed by atoms with van der Waals surface area (Å²) in [5.74, 6) is -1.01. The van der Waals surface area contributed by atoms with Crippen LogP contribution in [0.15, 0.2) is 10.9 Å². The first-order valence-corrected chi connectivity index (χ1v) is 5.09. The lowest BCUT2D eigenvalue weighted by atomic mass is 10.1. The van der Waals surface area contributed by atoms with Crippen LogP contribution in [-0.2, 0) is 9.53 Å². The molecule has 0 aliphatic carbocycles. The van der Waals surface area contributed by atoms with Gasteiger partial charge in [0.05, 0.1) is 5.92 Å². The van der Waals surface area contributed by atoms with Gasteiger partial charge in [0.15, 0.2) is 5.82 Å². The highest BCUT2D eigenvalue weighted by molar-refractivity contribution is 5.95. The van der Waals surface area contributed by atoms with Crippen molar-refractivity contribution in [3.63, 3.8) is 0 Å². The van der Waals surface area contributed by atoms with Crippen molar-refractivity contribution in [2.24, 2.45) is 0 Å². The lowest BCUT2D eigenvalue weighted by molar-refractivity contribution is -0.122. The minimum atomic E-state index is -0.794. The van der Waals surface area contributed by atoms with Crippen LogP contribution in [0.2, 0.25) is 0 Å². The van der Waals surface area contributed by atoms with Gasteiger partial charge in [-0.3, -0.25) is 10.1 Å². The van der Waals surface area contributed by atoms with Crippen LogP contribution in [-0.4, -0.2) is 27.7 Å². The van der Waals surface area contributed by atoms with Crippen molar-refractivity contribution in [2.45, 2.75) is 39.2 Å². The second-order valence-electron chi connectivity index (χ2n) is 4.50. The van der Waals surface area contributed by atoms with E-state index in [0.29, 0.717) is 0 Å². The minimum absolute atomic E-state index is 0.214. The van der Waals surface area contributed by atoms with E-state index in [-0.39, 0.29) is 5.82 Å². The molecule has 0 aliphatic rings. The number of rotatable bonds is 2. The van der Waals surface area contributed by atoms with E-state index in [2.05, 4.69) is 20.0 Å². The number of alkyl carbamates (subject to hydrolysis) is 1. The number of hydrogen-bond donors (Lipinski definition) is 1. The van der Waals surface area contributed by atoms with Crippen LogP contribution in [0.25, 0.3) is 0 Å². The topological polar surface area (TPSA) is 94.3 Å². The number of nitrogens with one attached hydrogen (secondary N) is 1. The van der Waals surface area contributed by atoms with Gasteiger partial charge in [-0.1, -0.05) is 5.16 Å². The maximum atomic E-state index is 11.6. The van der Waals surface area contributed by atoms with Crippen molar-refractivity contribution in [1.82, 2.24) is 15.5 Å². The Labute approximate surface area is 98.5 Å². The van der Waals surface area contributed by atoms with Crippen LogP contribution in [0.4, 0.5) is 4.79 Å². The van der Waals surface area contributed by atoms with Crippen LogP contribution < -0.4 is 5.32 Å². The summed E-state index contributed by atoms with van der Waals surface area (Å²) in [5.41, 5.74) is -0.653. The largest absolute Gasteiger partial charge is 0.444 e. The van der Waals surface area contributed by atoms with Crippen molar-refractivity contribution < 1.29 is 18.8 Å². The number of ether oxygens (including phenoxy) is 1. The van der Waals surface area contributed by atoms with Crippen LogP contribution in [0.3, 0.4) is 0 Å². The molecule has 1 N–H and O–H groups in total. The summed E-state index contributed by atoms with van der Waals surface area (Å²) >= 11 is 0. The van der Waals surface area contributed by atoms with Crippen molar-refractivity contribution in [3.05, 3.63) is 12.2 Å².